The van der Waals surface area contributed by atoms with Crippen molar-refractivity contribution in [3.8, 4) is 0 Å². The first-order valence-corrected chi connectivity index (χ1v) is 5.92. The lowest BCUT2D eigenvalue weighted by molar-refractivity contribution is -0.575. The van der Waals surface area contributed by atoms with Crippen molar-refractivity contribution in [3.63, 3.8) is 0 Å². The fourth-order valence-corrected chi connectivity index (χ4v) is 2.61. The largest absolute Gasteiger partial charge is 0.618 e. The molecule has 2 aromatic heterocycles. The van der Waals surface area contributed by atoms with Gasteiger partial charge in [-0.3, -0.25) is 0 Å². The molecule has 0 aliphatic carbocycles. The van der Waals surface area contributed by atoms with E-state index >= 15 is 0 Å². The van der Waals surface area contributed by atoms with Crippen molar-refractivity contribution in [2.45, 2.75) is 13.2 Å². The maximum Gasteiger partial charge on any atom is 0.226 e. The molecule has 1 aliphatic heterocycles. The second-order valence-electron chi connectivity index (χ2n) is 4.44. The number of hydrogen-bond donors (Lipinski definition) is 0. The van der Waals surface area contributed by atoms with Crippen LogP contribution >= 0.6 is 0 Å². The predicted octanol–water partition coefficient (Wildman–Crippen LogP) is 1.35. The molecule has 1 aliphatic rings. The molecule has 0 saturated carbocycles. The molecular weight excluding hydrogens is 230 g/mol. The normalized spacial score (nSPS) is 15.1. The highest BCUT2D eigenvalue weighted by Gasteiger charge is 2.20. The van der Waals surface area contributed by atoms with Gasteiger partial charge in [-0.2, -0.15) is 4.73 Å². The molecule has 0 atom stereocenters. The van der Waals surface area contributed by atoms with Crippen LogP contribution in [0.1, 0.15) is 5.82 Å². The summed E-state index contributed by atoms with van der Waals surface area (Å²) >= 11 is 0. The van der Waals surface area contributed by atoms with Gasteiger partial charge in [0.25, 0.3) is 0 Å². The van der Waals surface area contributed by atoms with Crippen molar-refractivity contribution < 1.29 is 9.47 Å². The van der Waals surface area contributed by atoms with Gasteiger partial charge < -0.3 is 14.5 Å². The average molecular weight is 241 g/mol. The summed E-state index contributed by atoms with van der Waals surface area (Å²) in [4.78, 5) is 4.48. The molecule has 18 heavy (non-hydrogen) atoms. The van der Waals surface area contributed by atoms with E-state index < -0.39 is 0 Å². The molecule has 5 nitrogen and oxygen atoms in total. The SMILES string of the molecule is [O-][n+]1cc2nc3n(c2c2ccccc21)CCOC3. The van der Waals surface area contributed by atoms with Gasteiger partial charge in [0.1, 0.15) is 12.4 Å². The fraction of sp³-hybridized carbons (Fsp3) is 0.231. The molecule has 0 radical (unpaired) electrons. The van der Waals surface area contributed by atoms with Crippen molar-refractivity contribution in [1.29, 1.82) is 0 Å². The minimum absolute atomic E-state index is 0.516. The van der Waals surface area contributed by atoms with Crippen LogP contribution in [0, 0.1) is 5.21 Å². The minimum Gasteiger partial charge on any atom is -0.618 e. The molecule has 3 heterocycles. The first-order chi connectivity index (χ1) is 8.84. The van der Waals surface area contributed by atoms with Gasteiger partial charge in [-0.15, -0.1) is 0 Å². The molecule has 0 N–H and O–H groups in total. The Labute approximate surface area is 103 Å². The summed E-state index contributed by atoms with van der Waals surface area (Å²) in [5, 5.41) is 12.9. The molecule has 0 fully saturated rings. The highest BCUT2D eigenvalue weighted by atomic mass is 16.5. The smallest absolute Gasteiger partial charge is 0.226 e. The second kappa shape index (κ2) is 3.43. The quantitative estimate of drug-likeness (QED) is 0.441. The maximum absolute atomic E-state index is 11.9. The van der Waals surface area contributed by atoms with Crippen LogP contribution in [0.25, 0.3) is 21.9 Å². The molecule has 1 aromatic carbocycles. The first kappa shape index (κ1) is 9.85. The minimum atomic E-state index is 0.516. The third-order valence-corrected chi connectivity index (χ3v) is 3.40. The van der Waals surface area contributed by atoms with Crippen LogP contribution < -0.4 is 4.73 Å². The van der Waals surface area contributed by atoms with Crippen LogP contribution in [0.2, 0.25) is 0 Å². The van der Waals surface area contributed by atoms with Crippen molar-refractivity contribution >= 4 is 21.9 Å². The Kier molecular flexibility index (Phi) is 1.87. The predicted molar refractivity (Wildman–Crippen MR) is 65.9 cm³/mol. The Morgan fingerprint density at radius 1 is 1.33 bits per heavy atom. The molecular formula is C13H11N3O2. The summed E-state index contributed by atoms with van der Waals surface area (Å²) in [6, 6.07) is 7.62. The van der Waals surface area contributed by atoms with E-state index in [9.17, 15) is 5.21 Å². The van der Waals surface area contributed by atoms with E-state index in [0.717, 1.165) is 33.5 Å². The van der Waals surface area contributed by atoms with Crippen LogP contribution in [-0.2, 0) is 17.9 Å². The lowest BCUT2D eigenvalue weighted by atomic mass is 10.2. The van der Waals surface area contributed by atoms with Crippen LogP contribution in [-0.4, -0.2) is 16.2 Å². The van der Waals surface area contributed by atoms with Crippen LogP contribution in [0.15, 0.2) is 30.5 Å². The van der Waals surface area contributed by atoms with Crippen molar-refractivity contribution in [1.82, 2.24) is 9.55 Å². The molecule has 0 saturated heterocycles. The van der Waals surface area contributed by atoms with E-state index in [1.807, 2.05) is 24.3 Å². The van der Waals surface area contributed by atoms with E-state index in [1.165, 1.54) is 0 Å². The summed E-state index contributed by atoms with van der Waals surface area (Å²) in [7, 11) is 0. The number of benzene rings is 1. The molecule has 5 heteroatoms. The third kappa shape index (κ3) is 1.19. The summed E-state index contributed by atoms with van der Waals surface area (Å²) in [5.74, 6) is 0.896. The Balaban J connectivity index is 2.22. The zero-order valence-electron chi connectivity index (χ0n) is 9.67. The molecule has 4 rings (SSSR count). The lowest BCUT2D eigenvalue weighted by Gasteiger charge is -2.15. The fourth-order valence-electron chi connectivity index (χ4n) is 2.61. The molecule has 0 bridgehead atoms. The van der Waals surface area contributed by atoms with Gasteiger partial charge in [0, 0.05) is 12.6 Å². The van der Waals surface area contributed by atoms with Gasteiger partial charge in [-0.1, -0.05) is 12.1 Å². The summed E-state index contributed by atoms with van der Waals surface area (Å²) in [5.41, 5.74) is 2.46. The van der Waals surface area contributed by atoms with E-state index in [4.69, 9.17) is 4.74 Å². The van der Waals surface area contributed by atoms with Crippen molar-refractivity contribution in [3.05, 3.63) is 41.5 Å². The number of pyridine rings is 1. The van der Waals surface area contributed by atoms with Gasteiger partial charge in [-0.05, 0) is 6.07 Å². The van der Waals surface area contributed by atoms with Gasteiger partial charge in [-0.25, -0.2) is 4.98 Å². The number of nitrogens with zero attached hydrogens (tertiary/aromatic N) is 3. The molecule has 0 spiro atoms. The Morgan fingerprint density at radius 3 is 3.17 bits per heavy atom. The zero-order chi connectivity index (χ0) is 12.1. The third-order valence-electron chi connectivity index (χ3n) is 3.40. The number of imidazole rings is 1. The Hall–Kier alpha value is -2.14. The summed E-state index contributed by atoms with van der Waals surface area (Å²) in [6.45, 7) is 2.00. The first-order valence-electron chi connectivity index (χ1n) is 5.92. The number of rotatable bonds is 0. The van der Waals surface area contributed by atoms with Crippen LogP contribution in [0.5, 0.6) is 0 Å². The number of hydrogen-bond acceptors (Lipinski definition) is 3. The molecule has 0 amide bonds. The maximum atomic E-state index is 11.9. The van der Waals surface area contributed by atoms with E-state index in [2.05, 4.69) is 9.55 Å². The van der Waals surface area contributed by atoms with E-state index in [-0.39, 0.29) is 0 Å². The standard InChI is InChI=1S/C13H11N3O2/c17-16-7-10-13(9-3-1-2-4-11(9)16)15-5-6-18-8-12(15)14-10/h1-4,7H,5-6,8H2. The van der Waals surface area contributed by atoms with Gasteiger partial charge in [0.15, 0.2) is 5.52 Å². The molecule has 0 unspecified atom stereocenters. The summed E-state index contributed by atoms with van der Waals surface area (Å²) < 4.78 is 8.44. The Bertz CT molecular complexity index is 764. The van der Waals surface area contributed by atoms with Crippen molar-refractivity contribution in [2.24, 2.45) is 0 Å². The number of para-hydroxylation sites is 1. The van der Waals surface area contributed by atoms with Crippen molar-refractivity contribution in [2.75, 3.05) is 6.61 Å². The topological polar surface area (TPSA) is 54.0 Å². The molecule has 90 valence electrons. The number of aromatic nitrogens is 3. The monoisotopic (exact) mass is 241 g/mol. The van der Waals surface area contributed by atoms with E-state index in [0.29, 0.717) is 18.7 Å². The Morgan fingerprint density at radius 2 is 2.22 bits per heavy atom. The number of ether oxygens (including phenoxy) is 1. The van der Waals surface area contributed by atoms with Crippen LogP contribution in [0.3, 0.4) is 0 Å². The zero-order valence-corrected chi connectivity index (χ0v) is 9.67. The van der Waals surface area contributed by atoms with Gasteiger partial charge in [0.2, 0.25) is 11.7 Å². The summed E-state index contributed by atoms with van der Waals surface area (Å²) in [6.07, 6.45) is 1.54. The highest BCUT2D eigenvalue weighted by Crippen LogP contribution is 2.25. The van der Waals surface area contributed by atoms with Gasteiger partial charge in [0.05, 0.1) is 17.5 Å². The second-order valence-corrected chi connectivity index (χ2v) is 4.44. The van der Waals surface area contributed by atoms with Gasteiger partial charge >= 0.3 is 0 Å². The number of fused-ring (bicyclic) bond motifs is 5. The molecule has 3 aromatic rings. The van der Waals surface area contributed by atoms with E-state index in [1.54, 1.807) is 6.20 Å². The van der Waals surface area contributed by atoms with Crippen LogP contribution in [0.4, 0.5) is 0 Å². The highest BCUT2D eigenvalue weighted by molar-refractivity contribution is 6.00. The lowest BCUT2D eigenvalue weighted by Crippen LogP contribution is -2.26. The average Bonchev–Trinajstić information content (AvgIpc) is 2.77.